The van der Waals surface area contributed by atoms with Crippen LogP contribution in [0.2, 0.25) is 0 Å². The fourth-order valence-corrected chi connectivity index (χ4v) is 4.65. The van der Waals surface area contributed by atoms with Crippen molar-refractivity contribution in [3.63, 3.8) is 0 Å². The standard InChI is InChI=1S/C28H25N7O2/c1-17(27-30-10-5-11-31-27)35(14-20-9-8-19(13-32-20)18-6-3-2-4-7-18)28(36)24-12-23-25(33-24)21-15-37-16-22(21)26(29)34-23/h2-13,17,33H,14-16H2,1H3,(H2,29,34)/t17-/m1/s1. The molecule has 0 spiro atoms. The monoisotopic (exact) mass is 491 g/mol. The lowest BCUT2D eigenvalue weighted by Crippen LogP contribution is -2.34. The van der Waals surface area contributed by atoms with E-state index in [9.17, 15) is 4.79 Å². The Morgan fingerprint density at radius 1 is 1.03 bits per heavy atom. The van der Waals surface area contributed by atoms with E-state index in [1.807, 2.05) is 55.6 Å². The molecule has 1 amide bonds. The van der Waals surface area contributed by atoms with Gasteiger partial charge in [-0.15, -0.1) is 0 Å². The molecule has 3 N–H and O–H groups in total. The summed E-state index contributed by atoms with van der Waals surface area (Å²) in [4.78, 5) is 36.9. The molecule has 1 aliphatic heterocycles. The summed E-state index contributed by atoms with van der Waals surface area (Å²) in [5, 5.41) is 0. The molecule has 0 aliphatic carbocycles. The number of amides is 1. The first kappa shape index (κ1) is 22.8. The molecule has 184 valence electrons. The lowest BCUT2D eigenvalue weighted by atomic mass is 10.1. The van der Waals surface area contributed by atoms with Crippen LogP contribution in [-0.4, -0.2) is 35.7 Å². The van der Waals surface area contributed by atoms with Gasteiger partial charge in [-0.1, -0.05) is 36.4 Å². The maximum absolute atomic E-state index is 13.9. The van der Waals surface area contributed by atoms with E-state index >= 15 is 0 Å². The third kappa shape index (κ3) is 4.30. The average molecular weight is 492 g/mol. The third-order valence-corrected chi connectivity index (χ3v) is 6.69. The SMILES string of the molecule is C[C@H](c1ncccn1)N(Cc1ccc(-c2ccccc2)cn1)C(=O)c1cc2nc(N)c3c(c2[nH]1)COC3. The number of carbonyl (C=O) groups excluding carboxylic acids is 1. The minimum absolute atomic E-state index is 0.210. The number of carbonyl (C=O) groups is 1. The maximum Gasteiger partial charge on any atom is 0.271 e. The Labute approximate surface area is 213 Å². The number of benzene rings is 1. The fourth-order valence-electron chi connectivity index (χ4n) is 4.65. The predicted octanol–water partition coefficient (Wildman–Crippen LogP) is 4.43. The van der Waals surface area contributed by atoms with Crippen molar-refractivity contribution in [1.82, 2.24) is 29.8 Å². The lowest BCUT2D eigenvalue weighted by Gasteiger charge is -2.27. The number of rotatable bonds is 6. The molecule has 1 aliphatic rings. The zero-order valence-electron chi connectivity index (χ0n) is 20.3. The van der Waals surface area contributed by atoms with Gasteiger partial charge in [-0.25, -0.2) is 15.0 Å². The Morgan fingerprint density at radius 2 is 1.81 bits per heavy atom. The number of H-pyrrole nitrogens is 1. The molecule has 0 bridgehead atoms. The van der Waals surface area contributed by atoms with Crippen LogP contribution < -0.4 is 5.73 Å². The number of hydrogen-bond acceptors (Lipinski definition) is 7. The Morgan fingerprint density at radius 3 is 2.57 bits per heavy atom. The summed E-state index contributed by atoms with van der Waals surface area (Å²) in [6.07, 6.45) is 5.18. The van der Waals surface area contributed by atoms with Gasteiger partial charge in [-0.05, 0) is 30.7 Å². The first-order chi connectivity index (χ1) is 18.1. The number of aromatic amines is 1. The van der Waals surface area contributed by atoms with Crippen molar-refractivity contribution < 1.29 is 9.53 Å². The predicted molar refractivity (Wildman–Crippen MR) is 139 cm³/mol. The molecular weight excluding hydrogens is 466 g/mol. The van der Waals surface area contributed by atoms with Crippen molar-refractivity contribution in [1.29, 1.82) is 0 Å². The van der Waals surface area contributed by atoms with Crippen molar-refractivity contribution in [2.24, 2.45) is 0 Å². The van der Waals surface area contributed by atoms with Gasteiger partial charge in [0.25, 0.3) is 5.91 Å². The fraction of sp³-hybridized carbons (Fsp3) is 0.179. The first-order valence-corrected chi connectivity index (χ1v) is 12.0. The second-order valence-electron chi connectivity index (χ2n) is 9.01. The van der Waals surface area contributed by atoms with Crippen LogP contribution in [0, 0.1) is 0 Å². The zero-order chi connectivity index (χ0) is 25.4. The second kappa shape index (κ2) is 9.44. The molecular formula is C28H25N7O2. The topological polar surface area (TPSA) is 123 Å². The van der Waals surface area contributed by atoms with Gasteiger partial charge < -0.3 is 20.4 Å². The molecule has 9 nitrogen and oxygen atoms in total. The highest BCUT2D eigenvalue weighted by Gasteiger charge is 2.28. The molecule has 5 heterocycles. The van der Waals surface area contributed by atoms with Crippen LogP contribution in [0.15, 0.2) is 73.2 Å². The van der Waals surface area contributed by atoms with Crippen LogP contribution >= 0.6 is 0 Å². The van der Waals surface area contributed by atoms with Gasteiger partial charge in [0, 0.05) is 35.3 Å². The Bertz CT molecular complexity index is 1570. The number of nitrogens with zero attached hydrogens (tertiary/aromatic N) is 5. The molecule has 6 rings (SSSR count). The molecule has 37 heavy (non-hydrogen) atoms. The van der Waals surface area contributed by atoms with E-state index in [4.69, 9.17) is 10.5 Å². The summed E-state index contributed by atoms with van der Waals surface area (Å²) in [5.41, 5.74) is 12.6. The first-order valence-electron chi connectivity index (χ1n) is 12.0. The molecule has 1 aromatic carbocycles. The number of anilines is 1. The van der Waals surface area contributed by atoms with E-state index in [1.54, 1.807) is 29.4 Å². The van der Waals surface area contributed by atoms with Crippen molar-refractivity contribution in [2.75, 3.05) is 5.73 Å². The summed E-state index contributed by atoms with van der Waals surface area (Å²) in [6.45, 7) is 3.05. The van der Waals surface area contributed by atoms with Gasteiger partial charge in [0.15, 0.2) is 0 Å². The van der Waals surface area contributed by atoms with Crippen LogP contribution in [-0.2, 0) is 24.5 Å². The number of nitrogen functional groups attached to an aromatic ring is 1. The number of aromatic nitrogens is 5. The van der Waals surface area contributed by atoms with Crippen LogP contribution in [0.25, 0.3) is 22.2 Å². The van der Waals surface area contributed by atoms with Gasteiger partial charge >= 0.3 is 0 Å². The molecule has 0 saturated carbocycles. The Balaban J connectivity index is 1.35. The van der Waals surface area contributed by atoms with Gasteiger partial charge in [0.2, 0.25) is 0 Å². The number of pyridine rings is 2. The highest BCUT2D eigenvalue weighted by Crippen LogP contribution is 2.32. The molecule has 0 saturated heterocycles. The van der Waals surface area contributed by atoms with Gasteiger partial charge in [-0.2, -0.15) is 0 Å². The molecule has 0 radical (unpaired) electrons. The molecule has 4 aromatic heterocycles. The average Bonchev–Trinajstić information content (AvgIpc) is 3.60. The summed E-state index contributed by atoms with van der Waals surface area (Å²) < 4.78 is 5.58. The van der Waals surface area contributed by atoms with Crippen LogP contribution in [0.1, 0.15) is 46.1 Å². The van der Waals surface area contributed by atoms with E-state index < -0.39 is 6.04 Å². The third-order valence-electron chi connectivity index (χ3n) is 6.69. The van der Waals surface area contributed by atoms with Crippen molar-refractivity contribution in [2.45, 2.75) is 32.7 Å². The second-order valence-corrected chi connectivity index (χ2v) is 9.01. The smallest absolute Gasteiger partial charge is 0.271 e. The minimum Gasteiger partial charge on any atom is -0.383 e. The zero-order valence-corrected chi connectivity index (χ0v) is 20.3. The Hall–Kier alpha value is -4.63. The largest absolute Gasteiger partial charge is 0.383 e. The summed E-state index contributed by atoms with van der Waals surface area (Å²) in [5.74, 6) is 0.770. The van der Waals surface area contributed by atoms with E-state index in [1.165, 1.54) is 0 Å². The van der Waals surface area contributed by atoms with Gasteiger partial charge in [-0.3, -0.25) is 9.78 Å². The number of ether oxygens (including phenoxy) is 1. The molecule has 5 aromatic rings. The molecule has 0 unspecified atom stereocenters. The number of nitrogens with two attached hydrogens (primary N) is 1. The van der Waals surface area contributed by atoms with E-state index in [2.05, 4.69) is 24.9 Å². The highest BCUT2D eigenvalue weighted by molar-refractivity contribution is 5.98. The van der Waals surface area contributed by atoms with Gasteiger partial charge in [0.1, 0.15) is 17.3 Å². The maximum atomic E-state index is 13.9. The van der Waals surface area contributed by atoms with Crippen LogP contribution in [0.3, 0.4) is 0 Å². The summed E-state index contributed by atoms with van der Waals surface area (Å²) in [6, 6.07) is 17.1. The molecule has 1 atom stereocenters. The van der Waals surface area contributed by atoms with Crippen molar-refractivity contribution >= 4 is 22.8 Å². The van der Waals surface area contributed by atoms with Gasteiger partial charge in [0.05, 0.1) is 42.5 Å². The highest BCUT2D eigenvalue weighted by atomic mass is 16.5. The normalized spacial score (nSPS) is 13.4. The number of nitrogens with one attached hydrogen (secondary N) is 1. The quantitative estimate of drug-likeness (QED) is 0.360. The lowest BCUT2D eigenvalue weighted by molar-refractivity contribution is 0.0658. The summed E-state index contributed by atoms with van der Waals surface area (Å²) >= 11 is 0. The van der Waals surface area contributed by atoms with Crippen molar-refractivity contribution in [3.05, 3.63) is 102 Å². The van der Waals surface area contributed by atoms with E-state index in [0.717, 1.165) is 33.5 Å². The molecule has 0 fully saturated rings. The Kier molecular flexibility index (Phi) is 5.82. The van der Waals surface area contributed by atoms with E-state index in [-0.39, 0.29) is 12.5 Å². The van der Waals surface area contributed by atoms with Crippen LogP contribution in [0.5, 0.6) is 0 Å². The van der Waals surface area contributed by atoms with Crippen LogP contribution in [0.4, 0.5) is 5.82 Å². The number of hydrogen-bond donors (Lipinski definition) is 2. The van der Waals surface area contributed by atoms with Crippen molar-refractivity contribution in [3.8, 4) is 11.1 Å². The number of fused-ring (bicyclic) bond motifs is 3. The summed E-state index contributed by atoms with van der Waals surface area (Å²) in [7, 11) is 0. The minimum atomic E-state index is -0.400. The molecule has 9 heteroatoms. The van der Waals surface area contributed by atoms with E-state index in [0.29, 0.717) is 36.1 Å².